The summed E-state index contributed by atoms with van der Waals surface area (Å²) in [6.45, 7) is 12.3. The van der Waals surface area contributed by atoms with Crippen LogP contribution in [0.25, 0.3) is 0 Å². The highest BCUT2D eigenvalue weighted by Gasteiger charge is 2.15. The van der Waals surface area contributed by atoms with Gasteiger partial charge < -0.3 is 10.1 Å². The quantitative estimate of drug-likeness (QED) is 0.776. The van der Waals surface area contributed by atoms with Crippen LogP contribution in [0.2, 0.25) is 0 Å². The third-order valence-electron chi connectivity index (χ3n) is 3.31. The molecule has 21 heavy (non-hydrogen) atoms. The topological polar surface area (TPSA) is 21.3 Å². The van der Waals surface area contributed by atoms with Crippen LogP contribution in [-0.2, 0) is 11.2 Å². The largest absolute Gasteiger partial charge is 0.379 e. The minimum absolute atomic E-state index is 0.0963. The van der Waals surface area contributed by atoms with Gasteiger partial charge in [-0.1, -0.05) is 12.1 Å². The number of nitrogens with one attached hydrogen (secondary N) is 1. The molecule has 2 nitrogen and oxygen atoms in total. The average molecular weight is 295 g/mol. The van der Waals surface area contributed by atoms with E-state index < -0.39 is 0 Å². The molecule has 1 atom stereocenters. The zero-order chi connectivity index (χ0) is 15.9. The highest BCUT2D eigenvalue weighted by atomic mass is 19.1. The first kappa shape index (κ1) is 18.1. The van der Waals surface area contributed by atoms with Crippen LogP contribution in [0.3, 0.4) is 0 Å². The zero-order valence-corrected chi connectivity index (χ0v) is 14.1. The molecule has 0 aliphatic rings. The zero-order valence-electron chi connectivity index (χ0n) is 14.1. The minimum Gasteiger partial charge on any atom is -0.379 e. The van der Waals surface area contributed by atoms with Gasteiger partial charge in [0.2, 0.25) is 0 Å². The SMILES string of the molecule is CC(C)OCCC(CNC(C)(C)C)Cc1cccc(F)c1. The molecule has 0 spiro atoms. The van der Waals surface area contributed by atoms with Crippen LogP contribution < -0.4 is 5.32 Å². The van der Waals surface area contributed by atoms with Crippen molar-refractivity contribution in [2.75, 3.05) is 13.2 Å². The molecule has 0 radical (unpaired) electrons. The van der Waals surface area contributed by atoms with Crippen molar-refractivity contribution in [1.82, 2.24) is 5.32 Å². The summed E-state index contributed by atoms with van der Waals surface area (Å²) in [5.41, 5.74) is 1.15. The van der Waals surface area contributed by atoms with E-state index in [1.54, 1.807) is 12.1 Å². The second-order valence-electron chi connectivity index (χ2n) is 7.04. The van der Waals surface area contributed by atoms with E-state index in [0.29, 0.717) is 5.92 Å². The molecule has 1 aromatic rings. The fourth-order valence-corrected chi connectivity index (χ4v) is 2.19. The Labute approximate surface area is 129 Å². The maximum atomic E-state index is 13.3. The van der Waals surface area contributed by atoms with Crippen molar-refractivity contribution in [3.8, 4) is 0 Å². The van der Waals surface area contributed by atoms with Gasteiger partial charge in [0, 0.05) is 12.1 Å². The molecule has 1 N–H and O–H groups in total. The molecule has 0 bridgehead atoms. The summed E-state index contributed by atoms with van der Waals surface area (Å²) in [4.78, 5) is 0. The smallest absolute Gasteiger partial charge is 0.123 e. The van der Waals surface area contributed by atoms with Gasteiger partial charge in [-0.05, 0) is 77.6 Å². The lowest BCUT2D eigenvalue weighted by Gasteiger charge is -2.25. The molecule has 120 valence electrons. The predicted molar refractivity (Wildman–Crippen MR) is 87.1 cm³/mol. The average Bonchev–Trinajstić information content (AvgIpc) is 2.34. The maximum absolute atomic E-state index is 13.3. The van der Waals surface area contributed by atoms with Gasteiger partial charge in [-0.15, -0.1) is 0 Å². The molecular weight excluding hydrogens is 265 g/mol. The first-order valence-corrected chi connectivity index (χ1v) is 7.87. The molecule has 0 fully saturated rings. The van der Waals surface area contributed by atoms with E-state index >= 15 is 0 Å². The van der Waals surface area contributed by atoms with Crippen molar-refractivity contribution in [1.29, 1.82) is 0 Å². The van der Waals surface area contributed by atoms with Crippen LogP contribution in [0.15, 0.2) is 24.3 Å². The predicted octanol–water partition coefficient (Wildman–Crippen LogP) is 4.19. The second kappa shape index (κ2) is 8.50. The van der Waals surface area contributed by atoms with Crippen molar-refractivity contribution in [2.45, 2.75) is 59.1 Å². The first-order valence-electron chi connectivity index (χ1n) is 7.87. The Morgan fingerprint density at radius 3 is 2.52 bits per heavy atom. The van der Waals surface area contributed by atoms with E-state index in [0.717, 1.165) is 31.6 Å². The molecule has 3 heteroatoms. The van der Waals surface area contributed by atoms with E-state index in [4.69, 9.17) is 4.74 Å². The summed E-state index contributed by atoms with van der Waals surface area (Å²) in [6, 6.07) is 6.90. The Bertz CT molecular complexity index is 412. The Balaban J connectivity index is 2.57. The van der Waals surface area contributed by atoms with Crippen LogP contribution in [0.1, 0.15) is 46.6 Å². The Kier molecular flexibility index (Phi) is 7.33. The van der Waals surface area contributed by atoms with E-state index in [1.165, 1.54) is 6.07 Å². The lowest BCUT2D eigenvalue weighted by Crippen LogP contribution is -2.39. The summed E-state index contributed by atoms with van der Waals surface area (Å²) in [5.74, 6) is 0.290. The molecule has 0 aliphatic carbocycles. The van der Waals surface area contributed by atoms with Gasteiger partial charge in [0.05, 0.1) is 6.10 Å². The van der Waals surface area contributed by atoms with Crippen LogP contribution in [-0.4, -0.2) is 24.8 Å². The molecule has 0 aromatic heterocycles. The fourth-order valence-electron chi connectivity index (χ4n) is 2.19. The lowest BCUT2D eigenvalue weighted by atomic mass is 9.95. The molecule has 1 unspecified atom stereocenters. The summed E-state index contributed by atoms with van der Waals surface area (Å²) in [5, 5.41) is 3.55. The van der Waals surface area contributed by atoms with Crippen LogP contribution in [0.4, 0.5) is 4.39 Å². The van der Waals surface area contributed by atoms with Gasteiger partial charge in [0.15, 0.2) is 0 Å². The first-order chi connectivity index (χ1) is 9.76. The number of benzene rings is 1. The Morgan fingerprint density at radius 2 is 1.95 bits per heavy atom. The summed E-state index contributed by atoms with van der Waals surface area (Å²) in [6.07, 6.45) is 2.12. The number of hydrogen-bond donors (Lipinski definition) is 1. The number of ether oxygens (including phenoxy) is 1. The monoisotopic (exact) mass is 295 g/mol. The van der Waals surface area contributed by atoms with E-state index in [-0.39, 0.29) is 17.5 Å². The Morgan fingerprint density at radius 1 is 1.24 bits per heavy atom. The molecule has 0 aliphatic heterocycles. The normalized spacial score (nSPS) is 13.7. The molecular formula is C18H30FNO. The van der Waals surface area contributed by atoms with E-state index in [2.05, 4.69) is 39.9 Å². The number of rotatable bonds is 8. The van der Waals surface area contributed by atoms with Gasteiger partial charge in [-0.2, -0.15) is 0 Å². The van der Waals surface area contributed by atoms with Crippen molar-refractivity contribution >= 4 is 0 Å². The van der Waals surface area contributed by atoms with Gasteiger partial charge in [0.1, 0.15) is 5.82 Å². The fraction of sp³-hybridized carbons (Fsp3) is 0.667. The van der Waals surface area contributed by atoms with Crippen molar-refractivity contribution in [2.24, 2.45) is 5.92 Å². The lowest BCUT2D eigenvalue weighted by molar-refractivity contribution is 0.0677. The van der Waals surface area contributed by atoms with Gasteiger partial charge in [-0.3, -0.25) is 0 Å². The minimum atomic E-state index is -0.159. The number of halogens is 1. The standard InChI is InChI=1S/C18H30FNO/c1-14(2)21-10-9-16(13-20-18(3,4)5)11-15-7-6-8-17(19)12-15/h6-8,12,14,16,20H,9-11,13H2,1-5H3. The second-order valence-corrected chi connectivity index (χ2v) is 7.04. The summed E-state index contributed by atoms with van der Waals surface area (Å²) < 4.78 is 19.0. The van der Waals surface area contributed by atoms with Crippen molar-refractivity contribution < 1.29 is 9.13 Å². The van der Waals surface area contributed by atoms with Crippen molar-refractivity contribution in [3.05, 3.63) is 35.6 Å². The summed E-state index contributed by atoms with van der Waals surface area (Å²) in [7, 11) is 0. The molecule has 0 amide bonds. The molecule has 0 saturated carbocycles. The van der Waals surface area contributed by atoms with Crippen molar-refractivity contribution in [3.63, 3.8) is 0 Å². The molecule has 0 saturated heterocycles. The van der Waals surface area contributed by atoms with Crippen LogP contribution in [0, 0.1) is 11.7 Å². The third-order valence-corrected chi connectivity index (χ3v) is 3.31. The highest BCUT2D eigenvalue weighted by molar-refractivity contribution is 5.16. The van der Waals surface area contributed by atoms with Crippen LogP contribution in [0.5, 0.6) is 0 Å². The third kappa shape index (κ3) is 8.84. The molecule has 0 heterocycles. The van der Waals surface area contributed by atoms with Gasteiger partial charge >= 0.3 is 0 Å². The molecule has 1 aromatic carbocycles. The highest BCUT2D eigenvalue weighted by Crippen LogP contribution is 2.15. The van der Waals surface area contributed by atoms with E-state index in [9.17, 15) is 4.39 Å². The van der Waals surface area contributed by atoms with Gasteiger partial charge in [0.25, 0.3) is 0 Å². The molecule has 1 rings (SSSR count). The van der Waals surface area contributed by atoms with E-state index in [1.807, 2.05) is 6.07 Å². The maximum Gasteiger partial charge on any atom is 0.123 e. The summed E-state index contributed by atoms with van der Waals surface area (Å²) >= 11 is 0. The number of hydrogen-bond acceptors (Lipinski definition) is 2. The Hall–Kier alpha value is -0.930. The van der Waals surface area contributed by atoms with Crippen LogP contribution >= 0.6 is 0 Å². The van der Waals surface area contributed by atoms with Gasteiger partial charge in [-0.25, -0.2) is 4.39 Å².